The minimum atomic E-state index is -1.20. The van der Waals surface area contributed by atoms with Crippen LogP contribution in [0.3, 0.4) is 0 Å². The highest BCUT2D eigenvalue weighted by Crippen LogP contribution is 2.40. The second kappa shape index (κ2) is 26.7. The first-order valence-electron chi connectivity index (χ1n) is 17.5. The summed E-state index contributed by atoms with van der Waals surface area (Å²) in [6.45, 7) is 9.69. The van der Waals surface area contributed by atoms with Crippen LogP contribution in [0.4, 0.5) is 0 Å². The fourth-order valence-electron chi connectivity index (χ4n) is 5.73. The van der Waals surface area contributed by atoms with Gasteiger partial charge in [-0.15, -0.1) is 0 Å². The van der Waals surface area contributed by atoms with Crippen LogP contribution in [0.25, 0.3) is 0 Å². The summed E-state index contributed by atoms with van der Waals surface area (Å²) in [6.07, 6.45) is 11.3. The van der Waals surface area contributed by atoms with Crippen LogP contribution in [0.5, 0.6) is 5.75 Å². The lowest BCUT2D eigenvalue weighted by atomic mass is 9.74. The lowest BCUT2D eigenvalue weighted by Gasteiger charge is -2.47. The maximum absolute atomic E-state index is 12.8. The second-order valence-electron chi connectivity index (χ2n) is 12.7. The van der Waals surface area contributed by atoms with E-state index in [0.717, 1.165) is 42.6 Å². The standard InChI is InChI=1S/C34H51NO7.C2H6O.C2H6.CH2O2/c1-23-25(16-12-18-28(23)40-4)15-10-11-17-26(36)21-31-34(2,3)30(38)22-29(42-31)33(41-5)35-32(39)27(37)20-19-24-13-8-6-7-9-14-24;1-3-2;1-2;2-1-3/h6-8,12-14,16,18,26-27,29-31,33,36-38H,9-11,15,17,19-22H2,1-5H3,(H,35,39);1-2H3;1-2H3;1H,(H,2,3)/t26-,27?,29+,30?,31?,33?;;;/m1.../s1. The number of carbonyl (C=O) groups excluding carboxylic acids is 1. The number of aliphatic hydroxyl groups excluding tert-OH is 3. The molecule has 1 heterocycles. The summed E-state index contributed by atoms with van der Waals surface area (Å²) in [5.74, 6) is 0.351. The SMILES string of the molecule is CC.COC.COc1cccc(CCCC[C@@H](O)CC2O[C@H](C(NC(=O)C(O)CCC3=CCC=CC=C3)OC)CC(O)C2(C)C)c1C.O=CO. The molecule has 11 heteroatoms. The van der Waals surface area contributed by atoms with E-state index in [1.54, 1.807) is 21.3 Å². The van der Waals surface area contributed by atoms with Gasteiger partial charge in [-0.2, -0.15) is 0 Å². The van der Waals surface area contributed by atoms with Crippen LogP contribution in [0, 0.1) is 12.3 Å². The topological polar surface area (TPSA) is 164 Å². The van der Waals surface area contributed by atoms with Crippen molar-refractivity contribution in [3.05, 3.63) is 65.3 Å². The van der Waals surface area contributed by atoms with E-state index in [1.807, 2.05) is 64.1 Å². The van der Waals surface area contributed by atoms with Gasteiger partial charge in [0.25, 0.3) is 12.4 Å². The molecule has 286 valence electrons. The Kier molecular flexibility index (Phi) is 25.1. The average Bonchev–Trinajstić information content (AvgIpc) is 3.38. The highest BCUT2D eigenvalue weighted by atomic mass is 16.6. The Morgan fingerprint density at radius 1 is 1.08 bits per heavy atom. The zero-order chi connectivity index (χ0) is 38.1. The van der Waals surface area contributed by atoms with Crippen LogP contribution in [-0.2, 0) is 30.2 Å². The quantitative estimate of drug-likeness (QED) is 0.0872. The molecule has 50 heavy (non-hydrogen) atoms. The number of benzene rings is 1. The molecule has 1 saturated heterocycles. The summed E-state index contributed by atoms with van der Waals surface area (Å²) in [5, 5.41) is 42.1. The van der Waals surface area contributed by atoms with Gasteiger partial charge in [-0.25, -0.2) is 0 Å². The molecule has 0 saturated carbocycles. The van der Waals surface area contributed by atoms with Crippen LogP contribution in [0.1, 0.15) is 90.2 Å². The molecule has 11 nitrogen and oxygen atoms in total. The second-order valence-corrected chi connectivity index (χ2v) is 12.7. The first-order chi connectivity index (χ1) is 23.9. The fourth-order valence-corrected chi connectivity index (χ4v) is 5.73. The normalized spacial score (nSPS) is 20.8. The van der Waals surface area contributed by atoms with Crippen molar-refractivity contribution in [2.45, 2.75) is 129 Å². The Morgan fingerprint density at radius 3 is 2.36 bits per heavy atom. The maximum atomic E-state index is 12.8. The van der Waals surface area contributed by atoms with Gasteiger partial charge in [0.05, 0.1) is 25.4 Å². The van der Waals surface area contributed by atoms with Crippen LogP contribution in [0.2, 0.25) is 0 Å². The molecule has 1 amide bonds. The van der Waals surface area contributed by atoms with Gasteiger partial charge in [-0.05, 0) is 62.6 Å². The Hall–Kier alpha value is -3.06. The molecule has 1 fully saturated rings. The minimum Gasteiger partial charge on any atom is -0.496 e. The van der Waals surface area contributed by atoms with Gasteiger partial charge < -0.3 is 44.7 Å². The van der Waals surface area contributed by atoms with Crippen LogP contribution in [0.15, 0.2) is 54.2 Å². The summed E-state index contributed by atoms with van der Waals surface area (Å²) >= 11 is 0. The molecule has 0 aromatic heterocycles. The van der Waals surface area contributed by atoms with Crippen LogP contribution >= 0.6 is 0 Å². The smallest absolute Gasteiger partial charge is 0.290 e. The molecular formula is C39H65NO10. The predicted octanol–water partition coefficient (Wildman–Crippen LogP) is 5.67. The van der Waals surface area contributed by atoms with Gasteiger partial charge in [-0.3, -0.25) is 9.59 Å². The molecule has 5 N–H and O–H groups in total. The number of nitrogens with one attached hydrogen (secondary N) is 1. The van der Waals surface area contributed by atoms with Gasteiger partial charge in [-0.1, -0.05) is 82.2 Å². The maximum Gasteiger partial charge on any atom is 0.290 e. The Bertz CT molecular complexity index is 1170. The Balaban J connectivity index is 0.00000275. The Labute approximate surface area is 300 Å². The first kappa shape index (κ1) is 46.9. The number of carboxylic acid groups (broad SMARTS) is 1. The van der Waals surface area contributed by atoms with Crippen molar-refractivity contribution in [3.63, 3.8) is 0 Å². The highest BCUT2D eigenvalue weighted by molar-refractivity contribution is 5.80. The molecule has 1 aliphatic carbocycles. The van der Waals surface area contributed by atoms with Crippen molar-refractivity contribution in [1.29, 1.82) is 0 Å². The van der Waals surface area contributed by atoms with Gasteiger partial charge >= 0.3 is 0 Å². The summed E-state index contributed by atoms with van der Waals surface area (Å²) in [5.41, 5.74) is 2.89. The molecule has 6 atom stereocenters. The molecular weight excluding hydrogens is 642 g/mol. The predicted molar refractivity (Wildman–Crippen MR) is 197 cm³/mol. The molecule has 2 aliphatic rings. The van der Waals surface area contributed by atoms with E-state index in [1.165, 1.54) is 12.7 Å². The van der Waals surface area contributed by atoms with Gasteiger partial charge in [0.2, 0.25) is 0 Å². The van der Waals surface area contributed by atoms with E-state index >= 15 is 0 Å². The number of ether oxygens (including phenoxy) is 4. The van der Waals surface area contributed by atoms with Crippen molar-refractivity contribution in [3.8, 4) is 5.75 Å². The number of aryl methyl sites for hydroxylation is 1. The monoisotopic (exact) mass is 707 g/mol. The molecule has 0 spiro atoms. The number of amides is 1. The van der Waals surface area contributed by atoms with E-state index in [0.29, 0.717) is 19.3 Å². The Morgan fingerprint density at radius 2 is 1.74 bits per heavy atom. The van der Waals surface area contributed by atoms with E-state index in [-0.39, 0.29) is 19.3 Å². The summed E-state index contributed by atoms with van der Waals surface area (Å²) in [7, 11) is 6.40. The molecule has 4 unspecified atom stereocenters. The first-order valence-corrected chi connectivity index (χ1v) is 17.5. The number of unbranched alkanes of at least 4 members (excludes halogenated alkanes) is 1. The third-order valence-electron chi connectivity index (χ3n) is 8.78. The van der Waals surface area contributed by atoms with Crippen molar-refractivity contribution >= 4 is 12.4 Å². The van der Waals surface area contributed by atoms with Gasteiger partial charge in [0, 0.05) is 39.6 Å². The van der Waals surface area contributed by atoms with Crippen molar-refractivity contribution in [1.82, 2.24) is 5.32 Å². The molecule has 1 aliphatic heterocycles. The third kappa shape index (κ3) is 16.8. The van der Waals surface area contributed by atoms with Crippen LogP contribution in [-0.4, -0.2) is 98.0 Å². The van der Waals surface area contributed by atoms with E-state index in [4.69, 9.17) is 24.1 Å². The van der Waals surface area contributed by atoms with E-state index < -0.39 is 48.1 Å². The summed E-state index contributed by atoms with van der Waals surface area (Å²) in [6, 6.07) is 6.08. The number of carbonyl (C=O) groups is 2. The minimum absolute atomic E-state index is 0.250. The van der Waals surface area contributed by atoms with Gasteiger partial charge in [0.1, 0.15) is 18.0 Å². The molecule has 0 radical (unpaired) electrons. The lowest BCUT2D eigenvalue weighted by Crippen LogP contribution is -2.58. The van der Waals surface area contributed by atoms with E-state index in [9.17, 15) is 20.1 Å². The summed E-state index contributed by atoms with van der Waals surface area (Å²) in [4.78, 5) is 21.2. The van der Waals surface area contributed by atoms with Crippen molar-refractivity contribution in [2.24, 2.45) is 5.41 Å². The lowest BCUT2D eigenvalue weighted by molar-refractivity contribution is -0.214. The number of aliphatic hydroxyl groups is 3. The molecule has 0 bridgehead atoms. The van der Waals surface area contributed by atoms with Crippen LogP contribution < -0.4 is 10.1 Å². The van der Waals surface area contributed by atoms with Gasteiger partial charge in [0.15, 0.2) is 6.23 Å². The number of allylic oxidation sites excluding steroid dienone is 6. The molecule has 1 aromatic rings. The molecule has 1 aromatic carbocycles. The van der Waals surface area contributed by atoms with Crippen molar-refractivity contribution in [2.75, 3.05) is 28.4 Å². The van der Waals surface area contributed by atoms with E-state index in [2.05, 4.69) is 29.1 Å². The van der Waals surface area contributed by atoms with Crippen molar-refractivity contribution < 1.29 is 49.0 Å². The third-order valence-corrected chi connectivity index (χ3v) is 8.78. The zero-order valence-electron chi connectivity index (χ0n) is 31.8. The zero-order valence-corrected chi connectivity index (χ0v) is 31.8. The summed E-state index contributed by atoms with van der Waals surface area (Å²) < 4.78 is 21.6. The largest absolute Gasteiger partial charge is 0.496 e. The number of methoxy groups -OCH3 is 3. The highest BCUT2D eigenvalue weighted by Gasteiger charge is 2.47. The average molecular weight is 708 g/mol. The number of hydrogen-bond acceptors (Lipinski definition) is 9. The number of hydrogen-bond donors (Lipinski definition) is 5. The number of rotatable bonds is 15. The fraction of sp³-hybridized carbons (Fsp3) is 0.641. The molecule has 3 rings (SSSR count).